The molecule has 2 N–H and O–H groups in total. The van der Waals surface area contributed by atoms with E-state index in [1.165, 1.54) is 17.7 Å². The molecule has 0 saturated carbocycles. The Morgan fingerprint density at radius 1 is 0.867 bits per heavy atom. The number of aryl methyl sites for hydroxylation is 3. The van der Waals surface area contributed by atoms with Gasteiger partial charge < -0.3 is 5.32 Å². The molecule has 0 aliphatic rings. The lowest BCUT2D eigenvalue weighted by Crippen LogP contribution is -2.16. The molecule has 0 fully saturated rings. The number of sulfonamides is 1. The molecule has 7 heteroatoms. The largest absolute Gasteiger partial charge is 0.326 e. The van der Waals surface area contributed by atoms with Gasteiger partial charge in [0.05, 0.1) is 17.0 Å². The molecular formula is C23H23ClN2O3S. The summed E-state index contributed by atoms with van der Waals surface area (Å²) < 4.78 is 27.9. The van der Waals surface area contributed by atoms with Crippen molar-refractivity contribution in [3.63, 3.8) is 0 Å². The number of hydrogen-bond acceptors (Lipinski definition) is 3. The lowest BCUT2D eigenvalue weighted by atomic mass is 10.0. The van der Waals surface area contributed by atoms with E-state index in [4.69, 9.17) is 11.6 Å². The van der Waals surface area contributed by atoms with E-state index in [1.807, 2.05) is 32.0 Å². The first-order chi connectivity index (χ1) is 14.1. The van der Waals surface area contributed by atoms with Gasteiger partial charge in [0.2, 0.25) is 5.91 Å². The molecule has 0 atom stereocenters. The number of benzene rings is 3. The first kappa shape index (κ1) is 21.9. The van der Waals surface area contributed by atoms with Crippen molar-refractivity contribution in [1.29, 1.82) is 0 Å². The van der Waals surface area contributed by atoms with Crippen LogP contribution in [0.1, 0.15) is 22.3 Å². The molecule has 0 bridgehead atoms. The minimum atomic E-state index is -3.78. The highest BCUT2D eigenvalue weighted by molar-refractivity contribution is 7.92. The van der Waals surface area contributed by atoms with Gasteiger partial charge in [-0.25, -0.2) is 8.42 Å². The van der Waals surface area contributed by atoms with Gasteiger partial charge in [-0.05, 0) is 79.4 Å². The second-order valence-electron chi connectivity index (χ2n) is 7.23. The summed E-state index contributed by atoms with van der Waals surface area (Å²) in [6, 6.07) is 17.0. The van der Waals surface area contributed by atoms with Gasteiger partial charge in [0.25, 0.3) is 10.0 Å². The predicted molar refractivity (Wildman–Crippen MR) is 122 cm³/mol. The molecule has 1 amide bonds. The van der Waals surface area contributed by atoms with E-state index >= 15 is 0 Å². The average Bonchev–Trinajstić information content (AvgIpc) is 2.68. The van der Waals surface area contributed by atoms with Gasteiger partial charge in [-0.3, -0.25) is 9.52 Å². The summed E-state index contributed by atoms with van der Waals surface area (Å²) in [6.07, 6.45) is 0.247. The van der Waals surface area contributed by atoms with Crippen molar-refractivity contribution in [2.24, 2.45) is 0 Å². The average molecular weight is 443 g/mol. The van der Waals surface area contributed by atoms with Crippen LogP contribution in [0.3, 0.4) is 0 Å². The zero-order valence-corrected chi connectivity index (χ0v) is 18.6. The lowest BCUT2D eigenvalue weighted by Gasteiger charge is -2.12. The molecule has 30 heavy (non-hydrogen) atoms. The predicted octanol–water partition coefficient (Wildman–Crippen LogP) is 5.25. The lowest BCUT2D eigenvalue weighted by molar-refractivity contribution is -0.115. The smallest absolute Gasteiger partial charge is 0.261 e. The van der Waals surface area contributed by atoms with Gasteiger partial charge in [0.15, 0.2) is 0 Å². The summed E-state index contributed by atoms with van der Waals surface area (Å²) in [5.41, 5.74) is 4.96. The molecule has 0 saturated heterocycles. The zero-order valence-electron chi connectivity index (χ0n) is 17.0. The first-order valence-corrected chi connectivity index (χ1v) is 11.3. The Labute approximate surface area is 182 Å². The Balaban J connectivity index is 1.68. The molecule has 0 unspecified atom stereocenters. The third kappa shape index (κ3) is 5.40. The summed E-state index contributed by atoms with van der Waals surface area (Å²) in [5.74, 6) is -0.165. The molecule has 0 spiro atoms. The zero-order chi connectivity index (χ0) is 21.9. The topological polar surface area (TPSA) is 75.3 Å². The van der Waals surface area contributed by atoms with Crippen molar-refractivity contribution in [2.45, 2.75) is 32.1 Å². The van der Waals surface area contributed by atoms with Crippen molar-refractivity contribution in [2.75, 3.05) is 10.0 Å². The number of hydrogen-bond donors (Lipinski definition) is 2. The highest BCUT2D eigenvalue weighted by atomic mass is 35.5. The molecule has 3 aromatic carbocycles. The number of halogens is 1. The quantitative estimate of drug-likeness (QED) is 0.547. The minimum Gasteiger partial charge on any atom is -0.326 e. The number of amides is 1. The Kier molecular flexibility index (Phi) is 6.48. The van der Waals surface area contributed by atoms with Crippen molar-refractivity contribution in [3.05, 3.63) is 87.9 Å². The summed E-state index contributed by atoms with van der Waals surface area (Å²) >= 11 is 5.96. The summed E-state index contributed by atoms with van der Waals surface area (Å²) in [7, 11) is -3.78. The molecule has 156 valence electrons. The van der Waals surface area contributed by atoms with Crippen LogP contribution < -0.4 is 10.0 Å². The van der Waals surface area contributed by atoms with Gasteiger partial charge in [-0.15, -0.1) is 0 Å². The van der Waals surface area contributed by atoms with Crippen LogP contribution in [0.5, 0.6) is 0 Å². The fourth-order valence-corrected chi connectivity index (χ4v) is 4.22. The minimum absolute atomic E-state index is 0.0917. The van der Waals surface area contributed by atoms with E-state index in [9.17, 15) is 13.2 Å². The normalized spacial score (nSPS) is 11.2. The molecule has 0 aliphatic carbocycles. The monoisotopic (exact) mass is 442 g/mol. The van der Waals surface area contributed by atoms with Gasteiger partial charge in [-0.2, -0.15) is 0 Å². The van der Waals surface area contributed by atoms with Crippen molar-refractivity contribution >= 4 is 38.9 Å². The fraction of sp³-hybridized carbons (Fsp3) is 0.174. The van der Waals surface area contributed by atoms with Crippen LogP contribution in [-0.2, 0) is 21.2 Å². The molecule has 0 aliphatic heterocycles. The number of carbonyl (C=O) groups is 1. The fourth-order valence-electron chi connectivity index (χ4n) is 2.93. The summed E-state index contributed by atoms with van der Waals surface area (Å²) in [6.45, 7) is 5.83. The van der Waals surface area contributed by atoms with Crippen LogP contribution in [-0.4, -0.2) is 14.3 Å². The van der Waals surface area contributed by atoms with Crippen LogP contribution in [0, 0.1) is 20.8 Å². The van der Waals surface area contributed by atoms with Crippen LogP contribution >= 0.6 is 11.6 Å². The first-order valence-electron chi connectivity index (χ1n) is 9.39. The third-order valence-corrected chi connectivity index (χ3v) is 6.44. The molecular weight excluding hydrogens is 420 g/mol. The number of carbonyl (C=O) groups excluding carboxylic acids is 1. The van der Waals surface area contributed by atoms with E-state index < -0.39 is 10.0 Å². The molecule has 0 heterocycles. The number of rotatable bonds is 6. The van der Waals surface area contributed by atoms with E-state index in [-0.39, 0.29) is 17.2 Å². The van der Waals surface area contributed by atoms with Crippen LogP contribution in [0.15, 0.2) is 65.6 Å². The molecule has 0 radical (unpaired) electrons. The van der Waals surface area contributed by atoms with E-state index in [1.54, 1.807) is 37.3 Å². The Bertz CT molecular complexity index is 1190. The second kappa shape index (κ2) is 8.90. The van der Waals surface area contributed by atoms with Crippen molar-refractivity contribution < 1.29 is 13.2 Å². The van der Waals surface area contributed by atoms with Gasteiger partial charge in [0.1, 0.15) is 0 Å². The highest BCUT2D eigenvalue weighted by Crippen LogP contribution is 2.24. The molecule has 3 rings (SSSR count). The maximum atomic E-state index is 12.7. The highest BCUT2D eigenvalue weighted by Gasteiger charge is 2.16. The Morgan fingerprint density at radius 2 is 1.53 bits per heavy atom. The summed E-state index contributed by atoms with van der Waals surface area (Å²) in [5, 5.41) is 3.24. The van der Waals surface area contributed by atoms with Crippen molar-refractivity contribution in [3.8, 4) is 0 Å². The standard InChI is InChI=1S/C23H23ClN2O3S/c1-15-4-6-18(12-17(15)3)13-23(27)25-20-8-10-21(11-9-20)30(28,29)26-22-14-19(24)7-5-16(22)2/h4-12,14,26H,13H2,1-3H3,(H,25,27). The van der Waals surface area contributed by atoms with Crippen LogP contribution in [0.25, 0.3) is 0 Å². The van der Waals surface area contributed by atoms with E-state index in [0.29, 0.717) is 16.4 Å². The molecule has 5 nitrogen and oxygen atoms in total. The SMILES string of the molecule is Cc1ccc(CC(=O)Nc2ccc(S(=O)(=O)Nc3cc(Cl)ccc3C)cc2)cc1C. The Morgan fingerprint density at radius 3 is 2.20 bits per heavy atom. The van der Waals surface area contributed by atoms with E-state index in [2.05, 4.69) is 10.0 Å². The third-order valence-electron chi connectivity index (χ3n) is 4.83. The van der Waals surface area contributed by atoms with Gasteiger partial charge in [-0.1, -0.05) is 35.9 Å². The van der Waals surface area contributed by atoms with Crippen LogP contribution in [0.2, 0.25) is 5.02 Å². The van der Waals surface area contributed by atoms with Crippen LogP contribution in [0.4, 0.5) is 11.4 Å². The van der Waals surface area contributed by atoms with Gasteiger partial charge >= 0.3 is 0 Å². The van der Waals surface area contributed by atoms with Gasteiger partial charge in [0, 0.05) is 10.7 Å². The van der Waals surface area contributed by atoms with E-state index in [0.717, 1.165) is 16.7 Å². The Hall–Kier alpha value is -2.83. The van der Waals surface area contributed by atoms with Crippen molar-refractivity contribution in [1.82, 2.24) is 0 Å². The molecule has 0 aromatic heterocycles. The maximum Gasteiger partial charge on any atom is 0.261 e. The number of nitrogens with one attached hydrogen (secondary N) is 2. The summed E-state index contributed by atoms with van der Waals surface area (Å²) in [4.78, 5) is 12.4. The maximum absolute atomic E-state index is 12.7. The molecule has 3 aromatic rings. The second-order valence-corrected chi connectivity index (χ2v) is 9.35. The number of anilines is 2.